The summed E-state index contributed by atoms with van der Waals surface area (Å²) in [6, 6.07) is 0.117. The van der Waals surface area contributed by atoms with Gasteiger partial charge in [0.1, 0.15) is 0 Å². The quantitative estimate of drug-likeness (QED) is 0.897. The summed E-state index contributed by atoms with van der Waals surface area (Å²) in [5, 5.41) is 4.49. The Bertz CT molecular complexity index is 364. The van der Waals surface area contributed by atoms with E-state index in [2.05, 4.69) is 24.0 Å². The fourth-order valence-corrected chi connectivity index (χ4v) is 4.62. The fraction of sp³-hybridized carbons (Fsp3) is 0.833. The third-order valence-electron chi connectivity index (χ3n) is 2.80. The van der Waals surface area contributed by atoms with Crippen LogP contribution in [0.5, 0.6) is 0 Å². The molecule has 1 fully saturated rings. The third kappa shape index (κ3) is 4.17. The largest absolute Gasteiger partial charge is 0.339 e. The van der Waals surface area contributed by atoms with Crippen LogP contribution in [0.25, 0.3) is 0 Å². The van der Waals surface area contributed by atoms with Gasteiger partial charge in [-0.05, 0) is 12.3 Å². The van der Waals surface area contributed by atoms with Crippen molar-refractivity contribution in [3.05, 3.63) is 11.7 Å². The van der Waals surface area contributed by atoms with E-state index in [1.54, 1.807) is 0 Å². The van der Waals surface area contributed by atoms with E-state index < -0.39 is 0 Å². The van der Waals surface area contributed by atoms with Gasteiger partial charge in [-0.3, -0.25) is 0 Å². The van der Waals surface area contributed by atoms with Gasteiger partial charge in [0, 0.05) is 29.7 Å². The van der Waals surface area contributed by atoms with E-state index in [9.17, 15) is 0 Å². The average molecular weight is 287 g/mol. The zero-order valence-electron chi connectivity index (χ0n) is 11.0. The van der Waals surface area contributed by atoms with Crippen LogP contribution in [0.2, 0.25) is 0 Å². The molecule has 6 heteroatoms. The Kier molecular flexibility index (Phi) is 5.38. The lowest BCUT2D eigenvalue weighted by atomic mass is 10.0. The highest BCUT2D eigenvalue weighted by atomic mass is 32.2. The van der Waals surface area contributed by atoms with Crippen LogP contribution in [0.4, 0.5) is 0 Å². The van der Waals surface area contributed by atoms with E-state index in [4.69, 9.17) is 10.3 Å². The number of thioether (sulfide) groups is 2. The third-order valence-corrected chi connectivity index (χ3v) is 5.55. The van der Waals surface area contributed by atoms with E-state index in [1.807, 2.05) is 23.5 Å². The van der Waals surface area contributed by atoms with Gasteiger partial charge in [0.2, 0.25) is 5.89 Å². The topological polar surface area (TPSA) is 64.9 Å². The molecule has 2 heterocycles. The van der Waals surface area contributed by atoms with Crippen molar-refractivity contribution in [2.45, 2.75) is 38.0 Å². The molecule has 1 saturated heterocycles. The highest BCUT2D eigenvalue weighted by Gasteiger charge is 2.22. The highest BCUT2D eigenvalue weighted by molar-refractivity contribution is 8.06. The molecule has 1 aliphatic heterocycles. The van der Waals surface area contributed by atoms with Gasteiger partial charge in [0.05, 0.1) is 5.25 Å². The molecule has 0 saturated carbocycles. The summed E-state index contributed by atoms with van der Waals surface area (Å²) in [7, 11) is 0. The molecule has 102 valence electrons. The molecule has 1 aromatic rings. The Balaban J connectivity index is 1.89. The second kappa shape index (κ2) is 6.82. The standard InChI is InChI=1S/C12H21N3OS2/c1-8(2)5-9(13)6-11-14-12(15-16-11)10-7-17-3-4-18-10/h8-10H,3-7,13H2,1-2H3. The van der Waals surface area contributed by atoms with Crippen molar-refractivity contribution in [3.8, 4) is 0 Å². The van der Waals surface area contributed by atoms with Gasteiger partial charge in [-0.15, -0.1) is 11.8 Å². The van der Waals surface area contributed by atoms with Gasteiger partial charge in [0.25, 0.3) is 0 Å². The average Bonchev–Trinajstić information content (AvgIpc) is 2.77. The Morgan fingerprint density at radius 3 is 2.94 bits per heavy atom. The first-order chi connectivity index (χ1) is 8.65. The smallest absolute Gasteiger partial charge is 0.228 e. The van der Waals surface area contributed by atoms with E-state index >= 15 is 0 Å². The molecular formula is C12H21N3OS2. The Morgan fingerprint density at radius 2 is 2.28 bits per heavy atom. The van der Waals surface area contributed by atoms with Crippen LogP contribution >= 0.6 is 23.5 Å². The minimum atomic E-state index is 0.117. The fourth-order valence-electron chi connectivity index (χ4n) is 2.03. The van der Waals surface area contributed by atoms with Crippen molar-refractivity contribution in [1.29, 1.82) is 0 Å². The lowest BCUT2D eigenvalue weighted by Crippen LogP contribution is -2.24. The zero-order valence-corrected chi connectivity index (χ0v) is 12.6. The summed E-state index contributed by atoms with van der Waals surface area (Å²) in [6.07, 6.45) is 1.68. The van der Waals surface area contributed by atoms with Crippen LogP contribution in [0.1, 0.15) is 37.2 Å². The molecule has 18 heavy (non-hydrogen) atoms. The van der Waals surface area contributed by atoms with Gasteiger partial charge in [-0.2, -0.15) is 16.7 Å². The molecule has 0 radical (unpaired) electrons. The van der Waals surface area contributed by atoms with Crippen molar-refractivity contribution >= 4 is 23.5 Å². The van der Waals surface area contributed by atoms with Crippen LogP contribution in [0, 0.1) is 5.92 Å². The molecule has 2 unspecified atom stereocenters. The monoisotopic (exact) mass is 287 g/mol. The molecule has 2 N–H and O–H groups in total. The number of hydrogen-bond donors (Lipinski definition) is 1. The molecule has 1 aromatic heterocycles. The summed E-state index contributed by atoms with van der Waals surface area (Å²) in [4.78, 5) is 4.49. The van der Waals surface area contributed by atoms with Crippen LogP contribution < -0.4 is 5.73 Å². The number of aromatic nitrogens is 2. The minimum Gasteiger partial charge on any atom is -0.339 e. The van der Waals surface area contributed by atoms with Gasteiger partial charge in [-0.1, -0.05) is 19.0 Å². The molecule has 0 bridgehead atoms. The number of hydrogen-bond acceptors (Lipinski definition) is 6. The molecule has 2 rings (SSSR count). The molecule has 4 nitrogen and oxygen atoms in total. The van der Waals surface area contributed by atoms with Crippen LogP contribution in [0.15, 0.2) is 4.52 Å². The normalized spacial score (nSPS) is 22.3. The second-order valence-corrected chi connectivity index (χ2v) is 7.53. The van der Waals surface area contributed by atoms with E-state index in [0.717, 1.165) is 18.0 Å². The predicted molar refractivity (Wildman–Crippen MR) is 78.0 cm³/mol. The SMILES string of the molecule is CC(C)CC(N)Cc1nc(C2CSCCS2)no1. The van der Waals surface area contributed by atoms with Gasteiger partial charge < -0.3 is 10.3 Å². The summed E-state index contributed by atoms with van der Waals surface area (Å²) in [5.74, 6) is 5.62. The van der Waals surface area contributed by atoms with E-state index in [1.165, 1.54) is 11.5 Å². The van der Waals surface area contributed by atoms with Crippen molar-refractivity contribution in [1.82, 2.24) is 10.1 Å². The van der Waals surface area contributed by atoms with Crippen LogP contribution in [0.3, 0.4) is 0 Å². The maximum absolute atomic E-state index is 6.06. The van der Waals surface area contributed by atoms with Crippen molar-refractivity contribution in [3.63, 3.8) is 0 Å². The first-order valence-corrected chi connectivity index (χ1v) is 8.63. The minimum absolute atomic E-state index is 0.117. The van der Waals surface area contributed by atoms with Crippen molar-refractivity contribution in [2.24, 2.45) is 11.7 Å². The second-order valence-electron chi connectivity index (χ2n) is 5.07. The number of nitrogens with two attached hydrogens (primary N) is 1. The summed E-state index contributed by atoms with van der Waals surface area (Å²) >= 11 is 3.88. The van der Waals surface area contributed by atoms with Crippen molar-refractivity contribution in [2.75, 3.05) is 17.3 Å². The highest BCUT2D eigenvalue weighted by Crippen LogP contribution is 2.35. The maximum atomic E-state index is 6.06. The molecule has 0 amide bonds. The molecular weight excluding hydrogens is 266 g/mol. The van der Waals surface area contributed by atoms with E-state index in [-0.39, 0.29) is 6.04 Å². The Hall–Kier alpha value is -0.200. The lowest BCUT2D eigenvalue weighted by Gasteiger charge is -2.17. The van der Waals surface area contributed by atoms with E-state index in [0.29, 0.717) is 23.5 Å². The Morgan fingerprint density at radius 1 is 1.44 bits per heavy atom. The maximum Gasteiger partial charge on any atom is 0.228 e. The van der Waals surface area contributed by atoms with Gasteiger partial charge in [0.15, 0.2) is 5.82 Å². The molecule has 2 atom stereocenters. The lowest BCUT2D eigenvalue weighted by molar-refractivity contribution is 0.355. The van der Waals surface area contributed by atoms with Crippen LogP contribution in [-0.2, 0) is 6.42 Å². The van der Waals surface area contributed by atoms with Crippen molar-refractivity contribution < 1.29 is 4.52 Å². The Labute approximate surface area is 117 Å². The number of rotatable bonds is 5. The molecule has 1 aliphatic rings. The molecule has 0 spiro atoms. The summed E-state index contributed by atoms with van der Waals surface area (Å²) < 4.78 is 5.31. The number of nitrogens with zero attached hydrogens (tertiary/aromatic N) is 2. The first-order valence-electron chi connectivity index (χ1n) is 6.42. The van der Waals surface area contributed by atoms with Gasteiger partial charge in [-0.25, -0.2) is 0 Å². The zero-order chi connectivity index (χ0) is 13.0. The molecule has 0 aromatic carbocycles. The van der Waals surface area contributed by atoms with Gasteiger partial charge >= 0.3 is 0 Å². The first kappa shape index (κ1) is 14.2. The summed E-state index contributed by atoms with van der Waals surface area (Å²) in [6.45, 7) is 4.35. The molecule has 0 aliphatic carbocycles. The summed E-state index contributed by atoms with van der Waals surface area (Å²) in [5.41, 5.74) is 6.06. The predicted octanol–water partition coefficient (Wildman–Crippen LogP) is 2.51. The van der Waals surface area contributed by atoms with Crippen LogP contribution in [-0.4, -0.2) is 33.4 Å².